The first-order valence-corrected chi connectivity index (χ1v) is 6.60. The van der Waals surface area contributed by atoms with E-state index in [9.17, 15) is 0 Å². The summed E-state index contributed by atoms with van der Waals surface area (Å²) >= 11 is 3.51. The van der Waals surface area contributed by atoms with E-state index in [1.54, 1.807) is 0 Å². The van der Waals surface area contributed by atoms with E-state index in [0.29, 0.717) is 6.04 Å². The first-order chi connectivity index (χ1) is 8.13. The highest BCUT2D eigenvalue weighted by atomic mass is 79.9. The van der Waals surface area contributed by atoms with Gasteiger partial charge in [0.05, 0.1) is 5.52 Å². The smallest absolute Gasteiger partial charge is 0.226 e. The topological polar surface area (TPSA) is 29.0 Å². The van der Waals surface area contributed by atoms with Crippen LogP contribution in [0.25, 0.3) is 10.9 Å². The average Bonchev–Trinajstić information content (AvgIpc) is 2.29. The van der Waals surface area contributed by atoms with Crippen molar-refractivity contribution in [3.63, 3.8) is 0 Å². The molecule has 4 heteroatoms. The number of fused-ring (bicyclic) bond motifs is 1. The Kier molecular flexibility index (Phi) is 3.62. The number of hydrogen-bond donors (Lipinski definition) is 0. The van der Waals surface area contributed by atoms with Gasteiger partial charge in [0.25, 0.3) is 0 Å². The van der Waals surface area contributed by atoms with Gasteiger partial charge in [-0.05, 0) is 32.9 Å². The van der Waals surface area contributed by atoms with Crippen LogP contribution in [0, 0.1) is 0 Å². The standard InChI is InChI=1S/C13H16BrN3/c1-4-17(9(2)3)13-15-8-10-11(14)6-5-7-12(10)16-13/h5-9H,4H2,1-3H3. The number of rotatable bonds is 3. The Morgan fingerprint density at radius 3 is 2.76 bits per heavy atom. The minimum atomic E-state index is 0.407. The predicted molar refractivity (Wildman–Crippen MR) is 75.4 cm³/mol. The highest BCUT2D eigenvalue weighted by Crippen LogP contribution is 2.23. The zero-order valence-corrected chi connectivity index (χ0v) is 11.9. The van der Waals surface area contributed by atoms with Crippen LogP contribution in [0.3, 0.4) is 0 Å². The van der Waals surface area contributed by atoms with Gasteiger partial charge in [-0.3, -0.25) is 0 Å². The first-order valence-electron chi connectivity index (χ1n) is 5.81. The number of nitrogens with zero attached hydrogens (tertiary/aromatic N) is 3. The van der Waals surface area contributed by atoms with E-state index in [-0.39, 0.29) is 0 Å². The van der Waals surface area contributed by atoms with E-state index in [1.165, 1.54) is 0 Å². The van der Waals surface area contributed by atoms with Crippen LogP contribution in [0.2, 0.25) is 0 Å². The van der Waals surface area contributed by atoms with Crippen molar-refractivity contribution in [1.82, 2.24) is 9.97 Å². The van der Waals surface area contributed by atoms with Gasteiger partial charge in [-0.2, -0.15) is 0 Å². The van der Waals surface area contributed by atoms with Crippen LogP contribution in [0.1, 0.15) is 20.8 Å². The summed E-state index contributed by atoms with van der Waals surface area (Å²) in [6, 6.07) is 6.42. The summed E-state index contributed by atoms with van der Waals surface area (Å²) in [5, 5.41) is 1.05. The molecule has 2 rings (SSSR count). The third-order valence-electron chi connectivity index (χ3n) is 2.78. The molecule has 0 atom stereocenters. The molecule has 0 unspecified atom stereocenters. The molecule has 0 fully saturated rings. The number of benzene rings is 1. The lowest BCUT2D eigenvalue weighted by Crippen LogP contribution is -2.31. The fourth-order valence-electron chi connectivity index (χ4n) is 1.89. The molecule has 0 amide bonds. The summed E-state index contributed by atoms with van der Waals surface area (Å²) in [4.78, 5) is 11.2. The minimum Gasteiger partial charge on any atom is -0.339 e. The SMILES string of the molecule is CCN(c1ncc2c(Br)cccc2n1)C(C)C. The molecular weight excluding hydrogens is 278 g/mol. The molecule has 0 radical (unpaired) electrons. The van der Waals surface area contributed by atoms with Crippen LogP contribution in [-0.4, -0.2) is 22.6 Å². The molecule has 0 saturated heterocycles. The summed E-state index contributed by atoms with van der Waals surface area (Å²) in [5.74, 6) is 0.799. The molecule has 2 aromatic rings. The van der Waals surface area contributed by atoms with Gasteiger partial charge in [0.1, 0.15) is 0 Å². The molecule has 3 nitrogen and oxygen atoms in total. The van der Waals surface area contributed by atoms with Gasteiger partial charge in [-0.25, -0.2) is 9.97 Å². The third kappa shape index (κ3) is 2.41. The maximum Gasteiger partial charge on any atom is 0.226 e. The van der Waals surface area contributed by atoms with Crippen LogP contribution < -0.4 is 4.90 Å². The highest BCUT2D eigenvalue weighted by Gasteiger charge is 2.12. The van der Waals surface area contributed by atoms with E-state index in [0.717, 1.165) is 27.9 Å². The molecular formula is C13H16BrN3. The van der Waals surface area contributed by atoms with Crippen molar-refractivity contribution in [1.29, 1.82) is 0 Å². The molecule has 17 heavy (non-hydrogen) atoms. The van der Waals surface area contributed by atoms with Crippen LogP contribution in [0.15, 0.2) is 28.9 Å². The molecule has 0 aliphatic rings. The Morgan fingerprint density at radius 1 is 1.35 bits per heavy atom. The van der Waals surface area contributed by atoms with E-state index in [2.05, 4.69) is 51.6 Å². The lowest BCUT2D eigenvalue weighted by atomic mass is 10.2. The number of aromatic nitrogens is 2. The van der Waals surface area contributed by atoms with Crippen molar-refractivity contribution in [3.05, 3.63) is 28.9 Å². The lowest BCUT2D eigenvalue weighted by Gasteiger charge is -2.25. The monoisotopic (exact) mass is 293 g/mol. The van der Waals surface area contributed by atoms with Gasteiger partial charge >= 0.3 is 0 Å². The molecule has 0 aliphatic carbocycles. The normalized spacial score (nSPS) is 11.1. The zero-order chi connectivity index (χ0) is 12.4. The fraction of sp³-hybridized carbons (Fsp3) is 0.385. The number of hydrogen-bond acceptors (Lipinski definition) is 3. The average molecular weight is 294 g/mol. The summed E-state index contributed by atoms with van der Waals surface area (Å²) < 4.78 is 1.04. The van der Waals surface area contributed by atoms with E-state index < -0.39 is 0 Å². The summed E-state index contributed by atoms with van der Waals surface area (Å²) in [6.45, 7) is 7.33. The second-order valence-electron chi connectivity index (χ2n) is 4.22. The van der Waals surface area contributed by atoms with Crippen molar-refractivity contribution >= 4 is 32.8 Å². The summed E-state index contributed by atoms with van der Waals surface area (Å²) in [7, 11) is 0. The molecule has 0 aliphatic heterocycles. The zero-order valence-electron chi connectivity index (χ0n) is 10.3. The van der Waals surface area contributed by atoms with Gasteiger partial charge in [0.2, 0.25) is 5.95 Å². The van der Waals surface area contributed by atoms with Crippen molar-refractivity contribution < 1.29 is 0 Å². The second-order valence-corrected chi connectivity index (χ2v) is 5.08. The lowest BCUT2D eigenvalue weighted by molar-refractivity contribution is 0.683. The second kappa shape index (κ2) is 5.00. The van der Waals surface area contributed by atoms with E-state index in [1.807, 2.05) is 24.4 Å². The van der Waals surface area contributed by atoms with E-state index in [4.69, 9.17) is 0 Å². The molecule has 0 bridgehead atoms. The molecule has 0 saturated carbocycles. The van der Waals surface area contributed by atoms with E-state index >= 15 is 0 Å². The molecule has 1 aromatic heterocycles. The molecule has 0 spiro atoms. The first kappa shape index (κ1) is 12.3. The van der Waals surface area contributed by atoms with Gasteiger partial charge in [-0.15, -0.1) is 0 Å². The van der Waals surface area contributed by atoms with Crippen LogP contribution >= 0.6 is 15.9 Å². The van der Waals surface area contributed by atoms with Crippen LogP contribution in [0.5, 0.6) is 0 Å². The fourth-order valence-corrected chi connectivity index (χ4v) is 2.34. The molecule has 1 heterocycles. The third-order valence-corrected chi connectivity index (χ3v) is 3.47. The molecule has 90 valence electrons. The van der Waals surface area contributed by atoms with Crippen molar-refractivity contribution in [3.8, 4) is 0 Å². The largest absolute Gasteiger partial charge is 0.339 e. The number of halogens is 1. The Hall–Kier alpha value is -1.16. The molecule has 1 aromatic carbocycles. The summed E-state index contributed by atoms with van der Waals surface area (Å²) in [6.07, 6.45) is 1.88. The minimum absolute atomic E-state index is 0.407. The Morgan fingerprint density at radius 2 is 2.12 bits per heavy atom. The van der Waals surface area contributed by atoms with Gasteiger partial charge in [0.15, 0.2) is 0 Å². The van der Waals surface area contributed by atoms with Crippen molar-refractivity contribution in [2.75, 3.05) is 11.4 Å². The van der Waals surface area contributed by atoms with Gasteiger partial charge in [-0.1, -0.05) is 22.0 Å². The Bertz CT molecular complexity index is 525. The maximum absolute atomic E-state index is 4.61. The highest BCUT2D eigenvalue weighted by molar-refractivity contribution is 9.10. The predicted octanol–water partition coefficient (Wildman–Crippen LogP) is 3.63. The van der Waals surface area contributed by atoms with Crippen molar-refractivity contribution in [2.45, 2.75) is 26.8 Å². The van der Waals surface area contributed by atoms with Crippen LogP contribution in [-0.2, 0) is 0 Å². The Labute approximate surface area is 110 Å². The maximum atomic E-state index is 4.61. The molecule has 0 N–H and O–H groups in total. The van der Waals surface area contributed by atoms with Crippen molar-refractivity contribution in [2.24, 2.45) is 0 Å². The quantitative estimate of drug-likeness (QED) is 0.865. The summed E-state index contributed by atoms with van der Waals surface area (Å²) in [5.41, 5.74) is 0.975. The van der Waals surface area contributed by atoms with Gasteiger partial charge < -0.3 is 4.90 Å². The Balaban J connectivity index is 2.51. The van der Waals surface area contributed by atoms with Gasteiger partial charge in [0, 0.05) is 28.6 Å². The number of anilines is 1. The van der Waals surface area contributed by atoms with Crippen LogP contribution in [0.4, 0.5) is 5.95 Å².